The zero-order valence-corrected chi connectivity index (χ0v) is 12.9. The van der Waals surface area contributed by atoms with E-state index in [1.54, 1.807) is 7.11 Å². The Morgan fingerprint density at radius 3 is 2.50 bits per heavy atom. The first-order chi connectivity index (χ1) is 10.8. The van der Waals surface area contributed by atoms with Crippen molar-refractivity contribution in [3.05, 3.63) is 65.7 Å². The van der Waals surface area contributed by atoms with Gasteiger partial charge in [0.1, 0.15) is 11.5 Å². The molecule has 3 rings (SSSR count). The fourth-order valence-corrected chi connectivity index (χ4v) is 3.03. The highest BCUT2D eigenvalue weighted by Gasteiger charge is 2.28. The summed E-state index contributed by atoms with van der Waals surface area (Å²) in [6, 6.07) is 18.7. The van der Waals surface area contributed by atoms with Crippen LogP contribution >= 0.6 is 0 Å². The zero-order valence-electron chi connectivity index (χ0n) is 12.9. The van der Waals surface area contributed by atoms with Crippen LogP contribution in [0.2, 0.25) is 0 Å². The molecule has 1 aliphatic heterocycles. The van der Waals surface area contributed by atoms with Crippen LogP contribution in [0.15, 0.2) is 54.6 Å². The maximum Gasteiger partial charge on any atom is 0.136 e. The van der Waals surface area contributed by atoms with Crippen LogP contribution in [-0.2, 0) is 11.3 Å². The minimum Gasteiger partial charge on any atom is -0.497 e. The molecule has 3 nitrogen and oxygen atoms in total. The average molecular weight is 295 g/mol. The minimum absolute atomic E-state index is 0.160. The number of Topliss-reactive ketones (excluding diaryl/α,β-unsaturated/α-hetero) is 1. The van der Waals surface area contributed by atoms with Gasteiger partial charge >= 0.3 is 0 Å². The van der Waals surface area contributed by atoms with Gasteiger partial charge in [0.15, 0.2) is 0 Å². The second-order valence-electron chi connectivity index (χ2n) is 5.74. The van der Waals surface area contributed by atoms with Crippen LogP contribution in [0.25, 0.3) is 0 Å². The van der Waals surface area contributed by atoms with Crippen LogP contribution in [0.5, 0.6) is 5.75 Å². The van der Waals surface area contributed by atoms with Crippen LogP contribution < -0.4 is 4.74 Å². The monoisotopic (exact) mass is 295 g/mol. The molecule has 114 valence electrons. The third-order valence-corrected chi connectivity index (χ3v) is 4.27. The SMILES string of the molecule is COc1ccc([C@@H]2CC(=O)CCN2Cc2ccccc2)cc1. The van der Waals surface area contributed by atoms with E-state index in [9.17, 15) is 4.79 Å². The maximum atomic E-state index is 11.9. The number of benzene rings is 2. The van der Waals surface area contributed by atoms with Crippen LogP contribution in [0.4, 0.5) is 0 Å². The number of nitrogens with zero attached hydrogens (tertiary/aromatic N) is 1. The fraction of sp³-hybridized carbons (Fsp3) is 0.316. The molecule has 0 amide bonds. The number of carbonyl (C=O) groups excluding carboxylic acids is 1. The maximum absolute atomic E-state index is 11.9. The van der Waals surface area contributed by atoms with Crippen LogP contribution in [0.1, 0.15) is 30.0 Å². The number of piperidine rings is 1. The van der Waals surface area contributed by atoms with Gasteiger partial charge in [-0.3, -0.25) is 9.69 Å². The number of rotatable bonds is 4. The zero-order chi connectivity index (χ0) is 15.4. The predicted octanol–water partition coefficient (Wildman–Crippen LogP) is 3.60. The summed E-state index contributed by atoms with van der Waals surface area (Å²) in [4.78, 5) is 14.3. The summed E-state index contributed by atoms with van der Waals surface area (Å²) in [7, 11) is 1.67. The third-order valence-electron chi connectivity index (χ3n) is 4.27. The Kier molecular flexibility index (Phi) is 4.54. The first-order valence-corrected chi connectivity index (χ1v) is 7.70. The Morgan fingerprint density at radius 1 is 1.09 bits per heavy atom. The Balaban J connectivity index is 1.81. The van der Waals surface area contributed by atoms with Gasteiger partial charge in [0.25, 0.3) is 0 Å². The highest BCUT2D eigenvalue weighted by Crippen LogP contribution is 2.31. The van der Waals surface area contributed by atoms with Crippen molar-refractivity contribution < 1.29 is 9.53 Å². The largest absolute Gasteiger partial charge is 0.497 e. The van der Waals surface area contributed by atoms with Crippen LogP contribution in [-0.4, -0.2) is 24.3 Å². The highest BCUT2D eigenvalue weighted by atomic mass is 16.5. The molecule has 2 aromatic rings. The Labute approximate surface area is 131 Å². The molecule has 2 aromatic carbocycles. The molecule has 22 heavy (non-hydrogen) atoms. The molecule has 0 saturated carbocycles. The van der Waals surface area contributed by atoms with Crippen molar-refractivity contribution in [2.75, 3.05) is 13.7 Å². The molecule has 1 aliphatic rings. The van der Waals surface area contributed by atoms with Gasteiger partial charge in [-0.1, -0.05) is 42.5 Å². The van der Waals surface area contributed by atoms with Gasteiger partial charge in [0.05, 0.1) is 7.11 Å². The number of methoxy groups -OCH3 is 1. The van der Waals surface area contributed by atoms with Crippen molar-refractivity contribution in [3.63, 3.8) is 0 Å². The van der Waals surface area contributed by atoms with Crippen molar-refractivity contribution in [1.82, 2.24) is 4.90 Å². The number of ketones is 1. The fourth-order valence-electron chi connectivity index (χ4n) is 3.03. The summed E-state index contributed by atoms with van der Waals surface area (Å²) >= 11 is 0. The molecule has 0 radical (unpaired) electrons. The third kappa shape index (κ3) is 3.37. The first kappa shape index (κ1) is 14.8. The molecule has 0 unspecified atom stereocenters. The Morgan fingerprint density at radius 2 is 1.82 bits per heavy atom. The second-order valence-corrected chi connectivity index (χ2v) is 5.74. The molecule has 0 aromatic heterocycles. The molecule has 1 heterocycles. The summed E-state index contributed by atoms with van der Waals surface area (Å²) in [6.45, 7) is 1.70. The lowest BCUT2D eigenvalue weighted by atomic mass is 9.93. The standard InChI is InChI=1S/C19H21NO2/c1-22-18-9-7-16(8-10-18)19-13-17(21)11-12-20(19)14-15-5-3-2-4-6-15/h2-10,19H,11-14H2,1H3/t19-/m0/s1. The van der Waals surface area contributed by atoms with Gasteiger partial charge in [0.2, 0.25) is 0 Å². The molecule has 3 heteroatoms. The van der Waals surface area contributed by atoms with E-state index >= 15 is 0 Å². The number of likely N-dealkylation sites (tertiary alicyclic amines) is 1. The number of carbonyl (C=O) groups is 1. The average Bonchev–Trinajstić information content (AvgIpc) is 2.57. The van der Waals surface area contributed by atoms with Crippen molar-refractivity contribution in [2.24, 2.45) is 0 Å². The normalized spacial score (nSPS) is 19.1. The number of hydrogen-bond acceptors (Lipinski definition) is 3. The smallest absolute Gasteiger partial charge is 0.136 e. The lowest BCUT2D eigenvalue weighted by Crippen LogP contribution is -2.36. The van der Waals surface area contributed by atoms with E-state index in [-0.39, 0.29) is 6.04 Å². The first-order valence-electron chi connectivity index (χ1n) is 7.70. The van der Waals surface area contributed by atoms with E-state index < -0.39 is 0 Å². The lowest BCUT2D eigenvalue weighted by molar-refractivity contribution is -0.123. The molecule has 0 aliphatic carbocycles. The summed E-state index contributed by atoms with van der Waals surface area (Å²) in [5.41, 5.74) is 2.47. The van der Waals surface area contributed by atoms with Gasteiger partial charge in [-0.15, -0.1) is 0 Å². The minimum atomic E-state index is 0.160. The Bertz CT molecular complexity index is 622. The van der Waals surface area contributed by atoms with Gasteiger partial charge in [-0.05, 0) is 23.3 Å². The molecule has 1 saturated heterocycles. The van der Waals surface area contributed by atoms with E-state index in [4.69, 9.17) is 4.74 Å². The highest BCUT2D eigenvalue weighted by molar-refractivity contribution is 5.80. The lowest BCUT2D eigenvalue weighted by Gasteiger charge is -2.35. The molecule has 0 N–H and O–H groups in total. The van der Waals surface area contributed by atoms with Crippen LogP contribution in [0.3, 0.4) is 0 Å². The van der Waals surface area contributed by atoms with Crippen LogP contribution in [0, 0.1) is 0 Å². The van der Waals surface area contributed by atoms with E-state index in [1.165, 1.54) is 11.1 Å². The summed E-state index contributed by atoms with van der Waals surface area (Å²) in [5.74, 6) is 1.20. The Hall–Kier alpha value is -2.13. The van der Waals surface area contributed by atoms with E-state index in [0.29, 0.717) is 18.6 Å². The summed E-state index contributed by atoms with van der Waals surface area (Å²) in [5, 5.41) is 0. The van der Waals surface area contributed by atoms with Crippen molar-refractivity contribution >= 4 is 5.78 Å². The van der Waals surface area contributed by atoms with Gasteiger partial charge in [-0.25, -0.2) is 0 Å². The molecule has 0 spiro atoms. The predicted molar refractivity (Wildman–Crippen MR) is 86.8 cm³/mol. The molecular weight excluding hydrogens is 274 g/mol. The van der Waals surface area contributed by atoms with Gasteiger partial charge in [-0.2, -0.15) is 0 Å². The van der Waals surface area contributed by atoms with Crippen molar-refractivity contribution in [3.8, 4) is 5.75 Å². The van der Waals surface area contributed by atoms with E-state index in [0.717, 1.165) is 18.8 Å². The summed E-state index contributed by atoms with van der Waals surface area (Å²) < 4.78 is 5.22. The van der Waals surface area contributed by atoms with Gasteiger partial charge < -0.3 is 4.74 Å². The number of ether oxygens (including phenoxy) is 1. The van der Waals surface area contributed by atoms with E-state index in [2.05, 4.69) is 41.3 Å². The number of hydrogen-bond donors (Lipinski definition) is 0. The van der Waals surface area contributed by atoms with Gasteiger partial charge in [0, 0.05) is 32.0 Å². The quantitative estimate of drug-likeness (QED) is 0.863. The topological polar surface area (TPSA) is 29.5 Å². The molecular formula is C19H21NO2. The molecule has 1 fully saturated rings. The summed E-state index contributed by atoms with van der Waals surface area (Å²) in [6.07, 6.45) is 1.25. The molecule has 0 bridgehead atoms. The van der Waals surface area contributed by atoms with E-state index in [1.807, 2.05) is 18.2 Å². The van der Waals surface area contributed by atoms with Crippen molar-refractivity contribution in [2.45, 2.75) is 25.4 Å². The molecule has 1 atom stereocenters. The van der Waals surface area contributed by atoms with Crippen molar-refractivity contribution in [1.29, 1.82) is 0 Å². The second kappa shape index (κ2) is 6.75.